The van der Waals surface area contributed by atoms with E-state index in [0.717, 1.165) is 50.3 Å². The van der Waals surface area contributed by atoms with Crippen LogP contribution < -0.4 is 10.5 Å². The molecule has 0 aliphatic carbocycles. The maximum absolute atomic E-state index is 13.2. The second-order valence-corrected chi connectivity index (χ2v) is 9.88. The molecule has 9 nitrogen and oxygen atoms in total. The average molecular weight is 504 g/mol. The highest BCUT2D eigenvalue weighted by Crippen LogP contribution is 2.36. The highest BCUT2D eigenvalue weighted by Gasteiger charge is 2.33. The normalized spacial score (nSPS) is 18.1. The number of thioether (sulfide) groups is 1. The quantitative estimate of drug-likeness (QED) is 0.422. The van der Waals surface area contributed by atoms with Gasteiger partial charge in [-0.1, -0.05) is 37.8 Å². The first-order valence-electron chi connectivity index (χ1n) is 11.3. The van der Waals surface area contributed by atoms with Gasteiger partial charge in [0.25, 0.3) is 11.5 Å². The Morgan fingerprint density at radius 2 is 1.88 bits per heavy atom. The van der Waals surface area contributed by atoms with Gasteiger partial charge in [-0.2, -0.15) is 5.26 Å². The molecule has 1 aromatic rings. The van der Waals surface area contributed by atoms with Gasteiger partial charge in [0.15, 0.2) is 0 Å². The number of nitriles is 1. The predicted molar refractivity (Wildman–Crippen MR) is 137 cm³/mol. The maximum atomic E-state index is 13.2. The van der Waals surface area contributed by atoms with Gasteiger partial charge in [0.05, 0.1) is 11.3 Å². The van der Waals surface area contributed by atoms with Crippen LogP contribution >= 0.6 is 24.0 Å². The summed E-state index contributed by atoms with van der Waals surface area (Å²) < 4.78 is 1.96. The summed E-state index contributed by atoms with van der Waals surface area (Å²) in [5, 5.41) is 18.7. The molecule has 0 saturated carbocycles. The predicted octanol–water partition coefficient (Wildman–Crippen LogP) is 2.26. The number of anilines is 1. The Hall–Kier alpha value is -2.68. The summed E-state index contributed by atoms with van der Waals surface area (Å²) in [7, 11) is 0. The van der Waals surface area contributed by atoms with Crippen molar-refractivity contribution < 1.29 is 14.7 Å². The zero-order chi connectivity index (χ0) is 25.0. The second-order valence-electron chi connectivity index (χ2n) is 8.20. The standard InChI is InChI=1S/C23H29N5O4S2/c1-4-7-27-20(26-11-9-25(5-2)10-12-26)16(15(3)17(14-24)21(27)31)13-18-22(32)28(23(33)34-18)8-6-19(29)30/h13H,4-12H2,1-3H3,(H,29,30)/b18-13-. The number of aromatic nitrogens is 1. The zero-order valence-corrected chi connectivity index (χ0v) is 21.3. The van der Waals surface area contributed by atoms with E-state index in [-0.39, 0.29) is 30.0 Å². The molecule has 182 valence electrons. The molecule has 0 aromatic carbocycles. The van der Waals surface area contributed by atoms with Gasteiger partial charge in [0.1, 0.15) is 21.8 Å². The second kappa shape index (κ2) is 11.2. The van der Waals surface area contributed by atoms with E-state index in [1.807, 2.05) is 6.92 Å². The highest BCUT2D eigenvalue weighted by molar-refractivity contribution is 8.26. The minimum atomic E-state index is -1.01. The first-order chi connectivity index (χ1) is 16.2. The third-order valence-electron chi connectivity index (χ3n) is 6.11. The highest BCUT2D eigenvalue weighted by atomic mass is 32.2. The molecule has 2 aliphatic rings. The largest absolute Gasteiger partial charge is 0.481 e. The SMILES string of the molecule is CCCn1c(N2CCN(CC)CC2)c(/C=C2\SC(=S)N(CCC(=O)O)C2=O)c(C)c(C#N)c1=O. The number of nitrogens with zero attached hydrogens (tertiary/aromatic N) is 5. The number of likely N-dealkylation sites (N-methyl/N-ethyl adjacent to an activating group) is 1. The van der Waals surface area contributed by atoms with Gasteiger partial charge in [-0.15, -0.1) is 0 Å². The molecule has 1 aromatic heterocycles. The van der Waals surface area contributed by atoms with Crippen molar-refractivity contribution in [1.29, 1.82) is 5.26 Å². The third kappa shape index (κ3) is 5.19. The molecule has 34 heavy (non-hydrogen) atoms. The number of carboxylic acid groups (broad SMARTS) is 1. The summed E-state index contributed by atoms with van der Waals surface area (Å²) in [4.78, 5) is 43.4. The van der Waals surface area contributed by atoms with E-state index in [0.29, 0.717) is 33.3 Å². The van der Waals surface area contributed by atoms with E-state index in [1.54, 1.807) is 17.6 Å². The van der Waals surface area contributed by atoms with Crippen LogP contribution in [0.4, 0.5) is 5.82 Å². The zero-order valence-electron chi connectivity index (χ0n) is 19.7. The van der Waals surface area contributed by atoms with Crippen LogP contribution in [0.2, 0.25) is 0 Å². The molecular formula is C23H29N5O4S2. The number of thiocarbonyl (C=S) groups is 1. The lowest BCUT2D eigenvalue weighted by atomic mass is 10.0. The van der Waals surface area contributed by atoms with E-state index in [4.69, 9.17) is 17.3 Å². The molecule has 3 heterocycles. The molecule has 0 radical (unpaired) electrons. The van der Waals surface area contributed by atoms with Crippen molar-refractivity contribution in [3.05, 3.63) is 31.9 Å². The van der Waals surface area contributed by atoms with Gasteiger partial charge < -0.3 is 14.9 Å². The minimum Gasteiger partial charge on any atom is -0.481 e. The fraction of sp³-hybridized carbons (Fsp3) is 0.522. The lowest BCUT2D eigenvalue weighted by Crippen LogP contribution is -2.48. The number of carbonyl (C=O) groups excluding carboxylic acids is 1. The summed E-state index contributed by atoms with van der Waals surface area (Å²) in [6.07, 6.45) is 2.22. The smallest absolute Gasteiger partial charge is 0.305 e. The van der Waals surface area contributed by atoms with Crippen LogP contribution in [0.5, 0.6) is 0 Å². The maximum Gasteiger partial charge on any atom is 0.305 e. The average Bonchev–Trinajstić information content (AvgIpc) is 3.08. The Bertz CT molecular complexity index is 1130. The van der Waals surface area contributed by atoms with Gasteiger partial charge in [-0.3, -0.25) is 23.9 Å². The van der Waals surface area contributed by atoms with Crippen molar-refractivity contribution in [2.45, 2.75) is 40.2 Å². The van der Waals surface area contributed by atoms with Crippen molar-refractivity contribution in [3.63, 3.8) is 0 Å². The number of hydrogen-bond donors (Lipinski definition) is 1. The van der Waals surface area contributed by atoms with Crippen LogP contribution in [0.3, 0.4) is 0 Å². The van der Waals surface area contributed by atoms with Crippen LogP contribution in [-0.2, 0) is 16.1 Å². The molecule has 11 heteroatoms. The molecule has 2 aliphatic heterocycles. The molecule has 0 unspecified atom stereocenters. The van der Waals surface area contributed by atoms with Crippen molar-refractivity contribution in [2.24, 2.45) is 0 Å². The van der Waals surface area contributed by atoms with Crippen LogP contribution in [0.1, 0.15) is 43.4 Å². The van der Waals surface area contributed by atoms with E-state index in [2.05, 4.69) is 22.8 Å². The Morgan fingerprint density at radius 3 is 2.44 bits per heavy atom. The first-order valence-corrected chi connectivity index (χ1v) is 12.6. The van der Waals surface area contributed by atoms with Crippen molar-refractivity contribution in [1.82, 2.24) is 14.4 Å². The molecular weight excluding hydrogens is 474 g/mol. The molecule has 1 amide bonds. The molecule has 1 N–H and O–H groups in total. The number of carboxylic acids is 1. The Labute approximate surface area is 208 Å². The van der Waals surface area contributed by atoms with Crippen LogP contribution in [0.25, 0.3) is 6.08 Å². The number of piperazine rings is 1. The number of amides is 1. The minimum absolute atomic E-state index is 0.000927. The summed E-state index contributed by atoms with van der Waals surface area (Å²) in [5.41, 5.74) is 0.940. The van der Waals surface area contributed by atoms with E-state index < -0.39 is 5.97 Å². The summed E-state index contributed by atoms with van der Waals surface area (Å²) in [6.45, 7) is 10.4. The third-order valence-corrected chi connectivity index (χ3v) is 7.49. The molecule has 2 saturated heterocycles. The van der Waals surface area contributed by atoms with Gasteiger partial charge in [0.2, 0.25) is 0 Å². The number of aliphatic carboxylic acids is 1. The topological polar surface area (TPSA) is 110 Å². The van der Waals surface area contributed by atoms with Gasteiger partial charge in [-0.05, 0) is 31.5 Å². The fourth-order valence-corrected chi connectivity index (χ4v) is 5.51. The molecule has 3 rings (SSSR count). The number of rotatable bonds is 8. The van der Waals surface area contributed by atoms with Crippen molar-refractivity contribution in [3.8, 4) is 6.07 Å². The molecule has 0 atom stereocenters. The number of hydrogen-bond acceptors (Lipinski definition) is 8. The Morgan fingerprint density at radius 1 is 1.21 bits per heavy atom. The van der Waals surface area contributed by atoms with Crippen LogP contribution in [-0.4, -0.2) is 74.9 Å². The Kier molecular flexibility index (Phi) is 8.52. The fourth-order valence-electron chi connectivity index (χ4n) is 4.22. The summed E-state index contributed by atoms with van der Waals surface area (Å²) >= 11 is 6.44. The summed E-state index contributed by atoms with van der Waals surface area (Å²) in [5.74, 6) is -0.647. The van der Waals surface area contributed by atoms with E-state index in [1.165, 1.54) is 4.90 Å². The van der Waals surface area contributed by atoms with E-state index >= 15 is 0 Å². The van der Waals surface area contributed by atoms with Crippen molar-refractivity contribution in [2.75, 3.05) is 44.2 Å². The molecule has 0 bridgehead atoms. The van der Waals surface area contributed by atoms with Crippen LogP contribution in [0.15, 0.2) is 9.70 Å². The van der Waals surface area contributed by atoms with Crippen LogP contribution in [0, 0.1) is 18.3 Å². The monoisotopic (exact) mass is 503 g/mol. The van der Waals surface area contributed by atoms with Gasteiger partial charge in [-0.25, -0.2) is 0 Å². The van der Waals surface area contributed by atoms with Gasteiger partial charge >= 0.3 is 5.97 Å². The number of pyridine rings is 1. The first kappa shape index (κ1) is 25.9. The molecule has 2 fully saturated rings. The Balaban J connectivity index is 2.14. The number of carbonyl (C=O) groups is 2. The van der Waals surface area contributed by atoms with Crippen molar-refractivity contribution >= 4 is 52.1 Å². The lowest BCUT2D eigenvalue weighted by molar-refractivity contribution is -0.137. The molecule has 0 spiro atoms. The van der Waals surface area contributed by atoms with E-state index in [9.17, 15) is 19.6 Å². The lowest BCUT2D eigenvalue weighted by Gasteiger charge is -2.37. The summed E-state index contributed by atoms with van der Waals surface area (Å²) in [6, 6.07) is 2.05. The van der Waals surface area contributed by atoms with Gasteiger partial charge in [0, 0.05) is 44.8 Å².